The van der Waals surface area contributed by atoms with E-state index in [1.807, 2.05) is 26.0 Å². The first-order valence-corrected chi connectivity index (χ1v) is 7.58. The Balaban J connectivity index is 0.00000180. The third kappa shape index (κ3) is 3.28. The van der Waals surface area contributed by atoms with Crippen molar-refractivity contribution in [3.05, 3.63) is 29.8 Å². The summed E-state index contributed by atoms with van der Waals surface area (Å²) in [6, 6.07) is 6.99. The van der Waals surface area contributed by atoms with E-state index in [1.54, 1.807) is 16.4 Å². The van der Waals surface area contributed by atoms with Crippen molar-refractivity contribution in [3.8, 4) is 0 Å². The van der Waals surface area contributed by atoms with E-state index in [0.29, 0.717) is 24.5 Å². The summed E-state index contributed by atoms with van der Waals surface area (Å²) in [4.78, 5) is 0.370. The second kappa shape index (κ2) is 5.79. The summed E-state index contributed by atoms with van der Waals surface area (Å²) in [6.07, 6.45) is 0.828. The number of sulfonamides is 1. The number of nitrogens with zero attached hydrogens (tertiary/aromatic N) is 1. The summed E-state index contributed by atoms with van der Waals surface area (Å²) in [5, 5.41) is 0. The smallest absolute Gasteiger partial charge is 0.243 e. The van der Waals surface area contributed by atoms with Crippen LogP contribution in [0, 0.1) is 12.3 Å². The predicted octanol–water partition coefficient (Wildman–Crippen LogP) is 1.78. The Morgan fingerprint density at radius 2 is 1.89 bits per heavy atom. The van der Waals surface area contributed by atoms with E-state index in [2.05, 4.69) is 0 Å². The van der Waals surface area contributed by atoms with E-state index in [9.17, 15) is 8.42 Å². The summed E-state index contributed by atoms with van der Waals surface area (Å²) in [5.74, 6) is 0. The van der Waals surface area contributed by atoms with Crippen LogP contribution < -0.4 is 5.73 Å². The molecule has 1 aliphatic heterocycles. The van der Waals surface area contributed by atoms with Gasteiger partial charge in [-0.2, -0.15) is 4.31 Å². The molecule has 0 radical (unpaired) electrons. The van der Waals surface area contributed by atoms with Crippen molar-refractivity contribution >= 4 is 22.4 Å². The number of aryl methyl sites for hydroxylation is 1. The van der Waals surface area contributed by atoms with Crippen molar-refractivity contribution in [2.75, 3.05) is 19.6 Å². The van der Waals surface area contributed by atoms with Gasteiger partial charge in [-0.3, -0.25) is 0 Å². The molecular weight excluding hydrogens is 284 g/mol. The second-order valence-electron chi connectivity index (χ2n) is 5.42. The molecule has 0 aromatic heterocycles. The lowest BCUT2D eigenvalue weighted by molar-refractivity contribution is 0.349. The molecule has 0 aliphatic carbocycles. The van der Waals surface area contributed by atoms with E-state index >= 15 is 0 Å². The molecule has 1 fully saturated rings. The van der Waals surface area contributed by atoms with Crippen LogP contribution >= 0.6 is 12.4 Å². The largest absolute Gasteiger partial charge is 0.330 e. The number of nitrogens with two attached hydrogens (primary N) is 1. The highest BCUT2D eigenvalue weighted by atomic mass is 35.5. The van der Waals surface area contributed by atoms with Crippen LogP contribution in [0.4, 0.5) is 0 Å². The van der Waals surface area contributed by atoms with Gasteiger partial charge in [0.1, 0.15) is 0 Å². The highest BCUT2D eigenvalue weighted by Gasteiger charge is 2.38. The first-order valence-electron chi connectivity index (χ1n) is 6.14. The molecule has 1 aliphatic rings. The number of halogens is 1. The number of rotatable bonds is 3. The lowest BCUT2D eigenvalue weighted by atomic mass is 9.90. The third-order valence-electron chi connectivity index (χ3n) is 3.67. The van der Waals surface area contributed by atoms with E-state index in [4.69, 9.17) is 5.73 Å². The van der Waals surface area contributed by atoms with Crippen LogP contribution in [0.25, 0.3) is 0 Å². The molecule has 0 amide bonds. The molecule has 2 rings (SSSR count). The molecule has 19 heavy (non-hydrogen) atoms. The zero-order valence-corrected chi connectivity index (χ0v) is 12.9. The van der Waals surface area contributed by atoms with Gasteiger partial charge in [-0.15, -0.1) is 12.4 Å². The standard InChI is InChI=1S/C13H20N2O2S.ClH/c1-11-3-5-12(6-4-11)18(16,17)15-8-7-13(2,9-14)10-15;/h3-6H,7-10,14H2,1-2H3;1H. The molecule has 1 heterocycles. The van der Waals surface area contributed by atoms with Gasteiger partial charge in [0.25, 0.3) is 0 Å². The van der Waals surface area contributed by atoms with Gasteiger partial charge in [0.05, 0.1) is 4.90 Å². The van der Waals surface area contributed by atoms with E-state index < -0.39 is 10.0 Å². The summed E-state index contributed by atoms with van der Waals surface area (Å²) in [5.41, 5.74) is 6.68. The first kappa shape index (κ1) is 16.4. The molecule has 6 heteroatoms. The quantitative estimate of drug-likeness (QED) is 0.926. The SMILES string of the molecule is Cc1ccc(S(=O)(=O)N2CCC(C)(CN)C2)cc1.Cl. The Morgan fingerprint density at radius 1 is 1.32 bits per heavy atom. The van der Waals surface area contributed by atoms with E-state index in [1.165, 1.54) is 0 Å². The Bertz CT molecular complexity index is 530. The van der Waals surface area contributed by atoms with Gasteiger partial charge >= 0.3 is 0 Å². The Hall–Kier alpha value is -0.620. The lowest BCUT2D eigenvalue weighted by Gasteiger charge is -2.22. The summed E-state index contributed by atoms with van der Waals surface area (Å²) in [6.45, 7) is 5.58. The fraction of sp³-hybridized carbons (Fsp3) is 0.538. The Kier molecular flexibility index (Phi) is 5.01. The maximum absolute atomic E-state index is 12.4. The topological polar surface area (TPSA) is 63.4 Å². The van der Waals surface area contributed by atoms with Crippen molar-refractivity contribution in [1.29, 1.82) is 0 Å². The normalized spacial score (nSPS) is 24.2. The maximum Gasteiger partial charge on any atom is 0.243 e. The van der Waals surface area contributed by atoms with E-state index in [0.717, 1.165) is 12.0 Å². The first-order chi connectivity index (χ1) is 8.37. The molecule has 1 aromatic carbocycles. The molecule has 0 saturated carbocycles. The van der Waals surface area contributed by atoms with Crippen LogP contribution in [0.2, 0.25) is 0 Å². The zero-order chi connectivity index (χ0) is 13.4. The van der Waals surface area contributed by atoms with Crippen molar-refractivity contribution in [2.45, 2.75) is 25.2 Å². The molecular formula is C13H21ClN2O2S. The molecule has 0 bridgehead atoms. The molecule has 1 atom stereocenters. The van der Waals surface area contributed by atoms with Gasteiger partial charge in [-0.05, 0) is 37.4 Å². The van der Waals surface area contributed by atoms with Crippen LogP contribution in [0.1, 0.15) is 18.9 Å². The van der Waals surface area contributed by atoms with Crippen LogP contribution in [0.3, 0.4) is 0 Å². The zero-order valence-electron chi connectivity index (χ0n) is 11.3. The predicted molar refractivity (Wildman–Crippen MR) is 79.0 cm³/mol. The van der Waals surface area contributed by atoms with Crippen LogP contribution in [0.5, 0.6) is 0 Å². The lowest BCUT2D eigenvalue weighted by Crippen LogP contribution is -2.34. The Morgan fingerprint density at radius 3 is 2.37 bits per heavy atom. The Labute approximate surface area is 121 Å². The van der Waals surface area contributed by atoms with Crippen molar-refractivity contribution in [2.24, 2.45) is 11.1 Å². The summed E-state index contributed by atoms with van der Waals surface area (Å²) >= 11 is 0. The molecule has 1 unspecified atom stereocenters. The van der Waals surface area contributed by atoms with Gasteiger partial charge in [0, 0.05) is 13.1 Å². The highest BCUT2D eigenvalue weighted by Crippen LogP contribution is 2.32. The molecule has 1 saturated heterocycles. The van der Waals surface area contributed by atoms with Gasteiger partial charge in [-0.1, -0.05) is 24.6 Å². The molecule has 108 valence electrons. The highest BCUT2D eigenvalue weighted by molar-refractivity contribution is 7.89. The van der Waals surface area contributed by atoms with Gasteiger partial charge in [-0.25, -0.2) is 8.42 Å². The van der Waals surface area contributed by atoms with Gasteiger partial charge in [0.2, 0.25) is 10.0 Å². The van der Waals surface area contributed by atoms with Crippen molar-refractivity contribution < 1.29 is 8.42 Å². The third-order valence-corrected chi connectivity index (χ3v) is 5.53. The van der Waals surface area contributed by atoms with Crippen LogP contribution in [-0.4, -0.2) is 32.4 Å². The second-order valence-corrected chi connectivity index (χ2v) is 7.35. The van der Waals surface area contributed by atoms with Crippen molar-refractivity contribution in [1.82, 2.24) is 4.31 Å². The van der Waals surface area contributed by atoms with Crippen LogP contribution in [0.15, 0.2) is 29.2 Å². The average molecular weight is 305 g/mol. The van der Waals surface area contributed by atoms with Crippen LogP contribution in [-0.2, 0) is 10.0 Å². The van der Waals surface area contributed by atoms with E-state index in [-0.39, 0.29) is 17.8 Å². The van der Waals surface area contributed by atoms with Gasteiger partial charge in [0.15, 0.2) is 0 Å². The average Bonchev–Trinajstić information content (AvgIpc) is 2.74. The number of hydrogen-bond acceptors (Lipinski definition) is 3. The minimum atomic E-state index is -3.36. The molecule has 4 nitrogen and oxygen atoms in total. The minimum absolute atomic E-state index is 0. The number of benzene rings is 1. The summed E-state index contributed by atoms with van der Waals surface area (Å²) in [7, 11) is -3.36. The van der Waals surface area contributed by atoms with Crippen molar-refractivity contribution in [3.63, 3.8) is 0 Å². The minimum Gasteiger partial charge on any atom is -0.330 e. The van der Waals surface area contributed by atoms with Gasteiger partial charge < -0.3 is 5.73 Å². The number of hydrogen-bond donors (Lipinski definition) is 1. The molecule has 1 aromatic rings. The fourth-order valence-corrected chi connectivity index (χ4v) is 3.80. The maximum atomic E-state index is 12.4. The summed E-state index contributed by atoms with van der Waals surface area (Å²) < 4.78 is 26.4. The fourth-order valence-electron chi connectivity index (χ4n) is 2.21. The monoisotopic (exact) mass is 304 g/mol. The molecule has 0 spiro atoms. The molecule has 2 N–H and O–H groups in total.